The number of amides is 7. The van der Waals surface area contributed by atoms with Crippen molar-refractivity contribution in [1.82, 2.24) is 31.1 Å². The lowest BCUT2D eigenvalue weighted by molar-refractivity contribution is -0.148. The minimum Gasteiger partial charge on any atom is -0.347 e. The standard InChI is InChI=1S/C36H56N6O7/c1-10-19-16-36(19,28(45)30(47)37-20-14-15-20)40-29(46)26-25-21(35(25,8)9)17-42(26)31(48)27(34(5,6)7)39-32(49)38-22(33(2,3)4)18-41-23(43)12-11-13-24(41)44/h19-22,25-27H,10-18H2,1-9H3,(H,37,47)(H,40,46)(H2,38,39,49)/t19-,21-,22+,25-,26-,27-,36+/m0/s1. The van der Waals surface area contributed by atoms with Crippen LogP contribution < -0.4 is 21.3 Å². The van der Waals surface area contributed by atoms with Gasteiger partial charge in [0.2, 0.25) is 29.4 Å². The van der Waals surface area contributed by atoms with Crippen LogP contribution in [0.4, 0.5) is 4.79 Å². The molecule has 2 aliphatic heterocycles. The van der Waals surface area contributed by atoms with E-state index in [0.717, 1.165) is 12.8 Å². The molecule has 7 amide bonds. The molecule has 49 heavy (non-hydrogen) atoms. The van der Waals surface area contributed by atoms with Crippen LogP contribution in [0, 0.1) is 34.0 Å². The average molecular weight is 685 g/mol. The molecule has 0 aromatic rings. The maximum Gasteiger partial charge on any atom is 0.315 e. The first-order chi connectivity index (χ1) is 22.6. The van der Waals surface area contributed by atoms with Gasteiger partial charge in [0, 0.05) is 32.0 Å². The lowest BCUT2D eigenvalue weighted by Crippen LogP contribution is -2.63. The summed E-state index contributed by atoms with van der Waals surface area (Å²) >= 11 is 0. The van der Waals surface area contributed by atoms with Crippen molar-refractivity contribution in [2.24, 2.45) is 34.0 Å². The van der Waals surface area contributed by atoms with Gasteiger partial charge in [0.15, 0.2) is 0 Å². The fourth-order valence-electron chi connectivity index (χ4n) is 7.97. The summed E-state index contributed by atoms with van der Waals surface area (Å²) in [6, 6.07) is -3.09. The third-order valence-electron chi connectivity index (χ3n) is 11.7. The molecule has 5 fully saturated rings. The molecule has 0 aromatic carbocycles. The van der Waals surface area contributed by atoms with Gasteiger partial charge >= 0.3 is 6.03 Å². The van der Waals surface area contributed by atoms with Gasteiger partial charge in [-0.05, 0) is 59.7 Å². The molecule has 0 aromatic heterocycles. The lowest BCUT2D eigenvalue weighted by atomic mass is 9.84. The topological polar surface area (TPSA) is 174 Å². The monoisotopic (exact) mass is 684 g/mol. The molecular weight excluding hydrogens is 628 g/mol. The predicted octanol–water partition coefficient (Wildman–Crippen LogP) is 2.27. The van der Waals surface area contributed by atoms with Crippen molar-refractivity contribution in [1.29, 1.82) is 0 Å². The van der Waals surface area contributed by atoms with Crippen LogP contribution in [-0.4, -0.2) is 93.9 Å². The summed E-state index contributed by atoms with van der Waals surface area (Å²) in [7, 11) is 0. The fraction of sp³-hybridized carbons (Fsp3) is 0.806. The second-order valence-electron chi connectivity index (χ2n) is 17.8. The molecule has 0 spiro atoms. The second kappa shape index (κ2) is 12.7. The number of carbonyl (C=O) groups is 7. The van der Waals surface area contributed by atoms with E-state index in [2.05, 4.69) is 35.1 Å². The summed E-state index contributed by atoms with van der Waals surface area (Å²) in [6.07, 6.45) is 3.74. The number of nitrogens with zero attached hydrogens (tertiary/aromatic N) is 2. The molecule has 7 atom stereocenters. The maximum atomic E-state index is 14.5. The molecule has 5 rings (SSSR count). The number of rotatable bonds is 11. The number of imide groups is 1. The molecule has 5 aliphatic rings. The molecule has 2 heterocycles. The second-order valence-corrected chi connectivity index (χ2v) is 17.8. The molecule has 272 valence electrons. The van der Waals surface area contributed by atoms with Gasteiger partial charge in [-0.1, -0.05) is 68.7 Å². The fourth-order valence-corrected chi connectivity index (χ4v) is 7.97. The molecule has 0 unspecified atom stereocenters. The predicted molar refractivity (Wildman–Crippen MR) is 180 cm³/mol. The van der Waals surface area contributed by atoms with Gasteiger partial charge in [0.05, 0.1) is 6.04 Å². The molecule has 2 saturated heterocycles. The van der Waals surface area contributed by atoms with Gasteiger partial charge in [-0.25, -0.2) is 4.79 Å². The summed E-state index contributed by atoms with van der Waals surface area (Å²) < 4.78 is 0. The molecule has 13 nitrogen and oxygen atoms in total. The summed E-state index contributed by atoms with van der Waals surface area (Å²) in [5.41, 5.74) is -2.76. The highest BCUT2D eigenvalue weighted by Crippen LogP contribution is 2.65. The highest BCUT2D eigenvalue weighted by atomic mass is 16.2. The van der Waals surface area contributed by atoms with Crippen LogP contribution in [-0.2, 0) is 28.8 Å². The highest BCUT2D eigenvalue weighted by Gasteiger charge is 2.71. The van der Waals surface area contributed by atoms with Crippen molar-refractivity contribution in [3.05, 3.63) is 0 Å². The van der Waals surface area contributed by atoms with Gasteiger partial charge in [0.25, 0.3) is 5.91 Å². The van der Waals surface area contributed by atoms with Crippen molar-refractivity contribution in [2.45, 2.75) is 137 Å². The first-order valence-corrected chi connectivity index (χ1v) is 18.0. The Balaban J connectivity index is 1.33. The smallest absolute Gasteiger partial charge is 0.315 e. The van der Waals surface area contributed by atoms with Crippen molar-refractivity contribution in [3.63, 3.8) is 0 Å². The normalized spacial score (nSPS) is 30.1. The van der Waals surface area contributed by atoms with Gasteiger partial charge in [-0.15, -0.1) is 0 Å². The van der Waals surface area contributed by atoms with E-state index in [9.17, 15) is 33.6 Å². The Hall–Kier alpha value is -3.51. The van der Waals surface area contributed by atoms with Crippen LogP contribution in [0.1, 0.15) is 107 Å². The Morgan fingerprint density at radius 3 is 2.04 bits per heavy atom. The number of likely N-dealkylation sites (tertiary alicyclic amines) is 2. The number of hydrogen-bond donors (Lipinski definition) is 4. The molecule has 0 bridgehead atoms. The van der Waals surface area contributed by atoms with Crippen LogP contribution in [0.15, 0.2) is 0 Å². The van der Waals surface area contributed by atoms with E-state index < -0.39 is 64.0 Å². The van der Waals surface area contributed by atoms with E-state index in [1.165, 1.54) is 4.90 Å². The van der Waals surface area contributed by atoms with Gasteiger partial charge in [-0.2, -0.15) is 0 Å². The van der Waals surface area contributed by atoms with Gasteiger partial charge in [-0.3, -0.25) is 33.7 Å². The van der Waals surface area contributed by atoms with E-state index in [1.807, 2.05) is 48.5 Å². The number of ketones is 1. The molecule has 3 saturated carbocycles. The minimum atomic E-state index is -1.28. The summed E-state index contributed by atoms with van der Waals surface area (Å²) in [4.78, 5) is 96.4. The molecule has 3 aliphatic carbocycles. The van der Waals surface area contributed by atoms with Crippen molar-refractivity contribution in [3.8, 4) is 0 Å². The first-order valence-electron chi connectivity index (χ1n) is 18.0. The first kappa shape index (κ1) is 36.8. The Kier molecular flexibility index (Phi) is 9.51. The molecular formula is C36H56N6O7. The summed E-state index contributed by atoms with van der Waals surface area (Å²) in [5.74, 6) is -2.92. The SMILES string of the molecule is CC[C@H]1C[C@]1(NC(=O)[C@@H]1[C@@H]2[C@H](CN1C(=O)[C@H](NC(=O)N[C@H](CN1C(=O)CCCC1=O)C(C)(C)C)C(C)(C)C)C2(C)C)C(=O)C(=O)NC1CC1. The zero-order valence-electron chi connectivity index (χ0n) is 30.7. The molecule has 4 N–H and O–H groups in total. The minimum absolute atomic E-state index is 0.00598. The highest BCUT2D eigenvalue weighted by molar-refractivity contribution is 6.41. The van der Waals surface area contributed by atoms with E-state index >= 15 is 0 Å². The summed E-state index contributed by atoms with van der Waals surface area (Å²) in [5, 5.41) is 11.5. The zero-order chi connectivity index (χ0) is 36.4. The van der Waals surface area contributed by atoms with Crippen LogP contribution in [0.5, 0.6) is 0 Å². The largest absolute Gasteiger partial charge is 0.347 e. The van der Waals surface area contributed by atoms with Crippen LogP contribution in [0.3, 0.4) is 0 Å². The van der Waals surface area contributed by atoms with Crippen molar-refractivity contribution in [2.75, 3.05) is 13.1 Å². The van der Waals surface area contributed by atoms with Crippen LogP contribution in [0.2, 0.25) is 0 Å². The van der Waals surface area contributed by atoms with E-state index in [-0.39, 0.29) is 60.4 Å². The lowest BCUT2D eigenvalue weighted by Gasteiger charge is -2.39. The Morgan fingerprint density at radius 2 is 1.53 bits per heavy atom. The van der Waals surface area contributed by atoms with Gasteiger partial charge in [0.1, 0.15) is 17.6 Å². The van der Waals surface area contributed by atoms with Crippen LogP contribution in [0.25, 0.3) is 0 Å². The summed E-state index contributed by atoms with van der Waals surface area (Å²) in [6.45, 7) is 17.6. The Morgan fingerprint density at radius 1 is 0.918 bits per heavy atom. The number of Topliss-reactive ketones (excluding diaryl/α,β-unsaturated/α-hetero) is 1. The van der Waals surface area contributed by atoms with Crippen molar-refractivity contribution < 1.29 is 33.6 Å². The molecule has 13 heteroatoms. The zero-order valence-corrected chi connectivity index (χ0v) is 30.7. The Bertz CT molecular complexity index is 1410. The van der Waals surface area contributed by atoms with E-state index in [0.29, 0.717) is 25.8 Å². The van der Waals surface area contributed by atoms with Gasteiger partial charge < -0.3 is 26.2 Å². The number of carbonyl (C=O) groups excluding carboxylic acids is 7. The number of nitrogens with one attached hydrogen (secondary N) is 4. The van der Waals surface area contributed by atoms with E-state index in [4.69, 9.17) is 0 Å². The number of hydrogen-bond acceptors (Lipinski definition) is 7. The van der Waals surface area contributed by atoms with E-state index in [1.54, 1.807) is 4.90 Å². The van der Waals surface area contributed by atoms with Crippen molar-refractivity contribution >= 4 is 41.4 Å². The van der Waals surface area contributed by atoms with Crippen LogP contribution >= 0.6 is 0 Å². The number of fused-ring (bicyclic) bond motifs is 1. The average Bonchev–Trinajstić information content (AvgIpc) is 3.95. The third-order valence-corrected chi connectivity index (χ3v) is 11.7. The number of piperidine rings is 2. The Labute approximate surface area is 289 Å². The third kappa shape index (κ3) is 7.22. The number of urea groups is 1. The molecule has 0 radical (unpaired) electrons. The quantitative estimate of drug-likeness (QED) is 0.191. The maximum absolute atomic E-state index is 14.5.